The van der Waals surface area contributed by atoms with Gasteiger partial charge in [0.05, 0.1) is 11.0 Å². The van der Waals surface area contributed by atoms with Crippen LogP contribution < -0.4 is 4.90 Å². The zero-order valence-corrected chi connectivity index (χ0v) is 10.00. The first-order valence-corrected chi connectivity index (χ1v) is 6.06. The van der Waals surface area contributed by atoms with Gasteiger partial charge in [-0.3, -0.25) is 0 Å². The van der Waals surface area contributed by atoms with E-state index in [-0.39, 0.29) is 0 Å². The number of likely N-dealkylation sites (N-methyl/N-ethyl adjacent to an activating group) is 1. The highest BCUT2D eigenvalue weighted by Gasteiger charge is 2.17. The summed E-state index contributed by atoms with van der Waals surface area (Å²) >= 11 is 1.60. The van der Waals surface area contributed by atoms with Gasteiger partial charge in [0, 0.05) is 32.4 Å². The highest BCUT2D eigenvalue weighted by Crippen LogP contribution is 2.27. The molecule has 0 saturated carbocycles. The van der Waals surface area contributed by atoms with Crippen LogP contribution in [-0.4, -0.2) is 48.2 Å². The van der Waals surface area contributed by atoms with Crippen molar-refractivity contribution in [3.8, 4) is 0 Å². The van der Waals surface area contributed by atoms with E-state index in [2.05, 4.69) is 21.8 Å². The molecule has 0 aliphatic carbocycles. The molecule has 2 heterocycles. The summed E-state index contributed by atoms with van der Waals surface area (Å²) in [6.45, 7) is 6.01. The van der Waals surface area contributed by atoms with Crippen molar-refractivity contribution in [2.75, 3.05) is 38.1 Å². The number of aliphatic hydroxyl groups is 1. The second-order valence-electron chi connectivity index (χ2n) is 4.01. The van der Waals surface area contributed by atoms with Crippen LogP contribution in [-0.2, 0) is 0 Å². The molecule has 1 aromatic rings. The third-order valence-corrected chi connectivity index (χ3v) is 3.93. The number of piperazine rings is 1. The first kappa shape index (κ1) is 10.9. The van der Waals surface area contributed by atoms with E-state index in [0.29, 0.717) is 0 Å². The van der Waals surface area contributed by atoms with Crippen molar-refractivity contribution in [1.82, 2.24) is 9.88 Å². The molecule has 0 bridgehead atoms. The summed E-state index contributed by atoms with van der Waals surface area (Å²) in [5.74, 6) is 0. The fourth-order valence-electron chi connectivity index (χ4n) is 1.61. The maximum Gasteiger partial charge on any atom is 0.185 e. The first-order valence-electron chi connectivity index (χ1n) is 5.24. The Balaban J connectivity index is 2.03. The van der Waals surface area contributed by atoms with Gasteiger partial charge in [-0.05, 0) is 14.0 Å². The molecule has 1 aliphatic heterocycles. The Morgan fingerprint density at radius 2 is 2.07 bits per heavy atom. The van der Waals surface area contributed by atoms with Gasteiger partial charge in [-0.15, -0.1) is 0 Å². The summed E-state index contributed by atoms with van der Waals surface area (Å²) in [5, 5.41) is 10.5. The van der Waals surface area contributed by atoms with Crippen LogP contribution in [0.1, 0.15) is 17.9 Å². The van der Waals surface area contributed by atoms with Gasteiger partial charge in [-0.25, -0.2) is 4.98 Å². The van der Waals surface area contributed by atoms with Gasteiger partial charge >= 0.3 is 0 Å². The second kappa shape index (κ2) is 4.47. The van der Waals surface area contributed by atoms with Crippen molar-refractivity contribution < 1.29 is 5.11 Å². The summed E-state index contributed by atoms with van der Waals surface area (Å²) in [6.07, 6.45) is 1.38. The third-order valence-electron chi connectivity index (χ3n) is 2.70. The molecule has 0 amide bonds. The Morgan fingerprint density at radius 1 is 1.40 bits per heavy atom. The molecular weight excluding hydrogens is 210 g/mol. The third kappa shape index (κ3) is 2.48. The number of hydrogen-bond donors (Lipinski definition) is 1. The van der Waals surface area contributed by atoms with Crippen LogP contribution in [0.25, 0.3) is 0 Å². The number of rotatable bonds is 2. The topological polar surface area (TPSA) is 39.6 Å². The lowest BCUT2D eigenvalue weighted by Gasteiger charge is -2.32. The maximum absolute atomic E-state index is 9.42. The van der Waals surface area contributed by atoms with Crippen LogP contribution in [0.2, 0.25) is 0 Å². The SMILES string of the molecule is CC(O)c1cnc(N2CCN(C)CC2)s1. The Kier molecular flexibility index (Phi) is 3.23. The number of thiazole rings is 1. The summed E-state index contributed by atoms with van der Waals surface area (Å²) in [6, 6.07) is 0. The molecule has 1 atom stereocenters. The van der Waals surface area contributed by atoms with Gasteiger partial charge in [-0.2, -0.15) is 0 Å². The largest absolute Gasteiger partial charge is 0.388 e. The molecule has 1 unspecified atom stereocenters. The van der Waals surface area contributed by atoms with E-state index >= 15 is 0 Å². The fourth-order valence-corrected chi connectivity index (χ4v) is 2.52. The minimum atomic E-state index is -0.399. The minimum Gasteiger partial charge on any atom is -0.388 e. The van der Waals surface area contributed by atoms with Crippen molar-refractivity contribution >= 4 is 16.5 Å². The van der Waals surface area contributed by atoms with Crippen molar-refractivity contribution in [2.45, 2.75) is 13.0 Å². The van der Waals surface area contributed by atoms with E-state index < -0.39 is 6.10 Å². The number of anilines is 1. The molecule has 4 nitrogen and oxygen atoms in total. The van der Waals surface area contributed by atoms with Crippen LogP contribution in [0.15, 0.2) is 6.20 Å². The Morgan fingerprint density at radius 3 is 2.60 bits per heavy atom. The van der Waals surface area contributed by atoms with Crippen LogP contribution >= 0.6 is 11.3 Å². The van der Waals surface area contributed by atoms with Gasteiger partial charge in [-0.1, -0.05) is 11.3 Å². The van der Waals surface area contributed by atoms with Crippen LogP contribution in [0.4, 0.5) is 5.13 Å². The summed E-state index contributed by atoms with van der Waals surface area (Å²) in [7, 11) is 2.14. The molecule has 1 fully saturated rings. The lowest BCUT2D eigenvalue weighted by Crippen LogP contribution is -2.44. The van der Waals surface area contributed by atoms with Crippen LogP contribution in [0.5, 0.6) is 0 Å². The van der Waals surface area contributed by atoms with Crippen molar-refractivity contribution in [3.63, 3.8) is 0 Å². The number of hydrogen-bond acceptors (Lipinski definition) is 5. The zero-order valence-electron chi connectivity index (χ0n) is 9.18. The predicted octanol–water partition coefficient (Wildman–Crippen LogP) is 0.948. The molecule has 1 saturated heterocycles. The summed E-state index contributed by atoms with van der Waals surface area (Å²) in [4.78, 5) is 9.91. The molecule has 0 spiro atoms. The van der Waals surface area contributed by atoms with Crippen molar-refractivity contribution in [1.29, 1.82) is 0 Å². The molecule has 1 aliphatic rings. The van der Waals surface area contributed by atoms with Gasteiger partial charge in [0.1, 0.15) is 0 Å². The molecule has 1 N–H and O–H groups in total. The second-order valence-corrected chi connectivity index (χ2v) is 5.05. The van der Waals surface area contributed by atoms with E-state index in [1.165, 1.54) is 0 Å². The van der Waals surface area contributed by atoms with Crippen molar-refractivity contribution in [2.24, 2.45) is 0 Å². The molecule has 0 radical (unpaired) electrons. The van der Waals surface area contributed by atoms with E-state index in [0.717, 1.165) is 36.2 Å². The highest BCUT2D eigenvalue weighted by atomic mass is 32.1. The fraction of sp³-hybridized carbons (Fsp3) is 0.700. The molecule has 0 aromatic carbocycles. The monoisotopic (exact) mass is 227 g/mol. The predicted molar refractivity (Wildman–Crippen MR) is 62.5 cm³/mol. The van der Waals surface area contributed by atoms with Gasteiger partial charge in [0.25, 0.3) is 0 Å². The van der Waals surface area contributed by atoms with Gasteiger partial charge in [0.2, 0.25) is 0 Å². The van der Waals surface area contributed by atoms with Crippen LogP contribution in [0, 0.1) is 0 Å². The van der Waals surface area contributed by atoms with Crippen LogP contribution in [0.3, 0.4) is 0 Å². The highest BCUT2D eigenvalue weighted by molar-refractivity contribution is 7.15. The van der Waals surface area contributed by atoms with E-state index in [9.17, 15) is 5.11 Å². The Bertz CT molecular complexity index is 318. The molecular formula is C10H17N3OS. The van der Waals surface area contributed by atoms with E-state index in [1.54, 1.807) is 24.5 Å². The summed E-state index contributed by atoms with van der Waals surface area (Å²) in [5.41, 5.74) is 0. The van der Waals surface area contributed by atoms with Crippen molar-refractivity contribution in [3.05, 3.63) is 11.1 Å². The number of aromatic nitrogens is 1. The number of aliphatic hydroxyl groups excluding tert-OH is 1. The lowest BCUT2D eigenvalue weighted by molar-refractivity contribution is 0.203. The number of nitrogens with zero attached hydrogens (tertiary/aromatic N) is 3. The van der Waals surface area contributed by atoms with Gasteiger partial charge < -0.3 is 14.9 Å². The quantitative estimate of drug-likeness (QED) is 0.816. The van der Waals surface area contributed by atoms with Gasteiger partial charge in [0.15, 0.2) is 5.13 Å². The molecule has 1 aromatic heterocycles. The molecule has 15 heavy (non-hydrogen) atoms. The zero-order chi connectivity index (χ0) is 10.8. The molecule has 84 valence electrons. The Labute approximate surface area is 94.2 Å². The smallest absolute Gasteiger partial charge is 0.185 e. The maximum atomic E-state index is 9.42. The molecule has 2 rings (SSSR count). The average Bonchev–Trinajstić information content (AvgIpc) is 2.68. The summed E-state index contributed by atoms with van der Waals surface area (Å²) < 4.78 is 0. The lowest BCUT2D eigenvalue weighted by atomic mass is 10.3. The molecule has 5 heteroatoms. The first-order chi connectivity index (χ1) is 7.16. The average molecular weight is 227 g/mol. The standard InChI is InChI=1S/C10H17N3OS/c1-8(14)9-7-11-10(15-9)13-5-3-12(2)4-6-13/h7-8,14H,3-6H2,1-2H3. The van der Waals surface area contributed by atoms with E-state index in [4.69, 9.17) is 0 Å². The minimum absolute atomic E-state index is 0.399. The van der Waals surface area contributed by atoms with E-state index in [1.807, 2.05) is 0 Å². The normalized spacial score (nSPS) is 20.6. The Hall–Kier alpha value is -0.650.